The number of hydrogen-bond acceptors (Lipinski definition) is 3. The van der Waals surface area contributed by atoms with Crippen molar-refractivity contribution in [2.24, 2.45) is 5.92 Å². The largest absolute Gasteiger partial charge is 0.490 e. The minimum absolute atomic E-state index is 0.0134. The summed E-state index contributed by atoms with van der Waals surface area (Å²) in [5.41, 5.74) is 4.29. The van der Waals surface area contributed by atoms with Crippen LogP contribution >= 0.6 is 0 Å². The van der Waals surface area contributed by atoms with E-state index in [0.717, 1.165) is 22.4 Å². The van der Waals surface area contributed by atoms with E-state index in [1.54, 1.807) is 12.1 Å². The molecule has 1 amide bonds. The van der Waals surface area contributed by atoms with Gasteiger partial charge in [0.25, 0.3) is 5.91 Å². The lowest BCUT2D eigenvalue weighted by molar-refractivity contribution is -0.113. The van der Waals surface area contributed by atoms with E-state index >= 15 is 0 Å². The maximum absolute atomic E-state index is 13.2. The van der Waals surface area contributed by atoms with Crippen LogP contribution in [-0.2, 0) is 11.4 Å². The molecule has 4 rings (SSSR count). The monoisotopic (exact) mass is 445 g/mol. The molecule has 1 heterocycles. The van der Waals surface area contributed by atoms with Gasteiger partial charge in [0, 0.05) is 17.7 Å². The summed E-state index contributed by atoms with van der Waals surface area (Å²) in [6.45, 7) is 7.59. The van der Waals surface area contributed by atoms with Crippen LogP contribution in [0.15, 0.2) is 66.7 Å². The molecule has 3 aromatic carbocycles. The molecule has 3 aromatic rings. The first-order valence-corrected chi connectivity index (χ1v) is 11.2. The van der Waals surface area contributed by atoms with Gasteiger partial charge in [0.2, 0.25) is 0 Å². The molecule has 0 spiro atoms. The number of hydrogen-bond donors (Lipinski definition) is 0. The fraction of sp³-hybridized carbons (Fsp3) is 0.250. The highest BCUT2D eigenvalue weighted by molar-refractivity contribution is 6.35. The minimum atomic E-state index is -0.277. The van der Waals surface area contributed by atoms with Crippen molar-refractivity contribution in [1.29, 1.82) is 0 Å². The molecular weight excluding hydrogens is 417 g/mol. The van der Waals surface area contributed by atoms with E-state index in [-0.39, 0.29) is 11.7 Å². The maximum Gasteiger partial charge on any atom is 0.259 e. The van der Waals surface area contributed by atoms with Crippen molar-refractivity contribution in [3.63, 3.8) is 0 Å². The van der Waals surface area contributed by atoms with Gasteiger partial charge >= 0.3 is 0 Å². The van der Waals surface area contributed by atoms with E-state index in [2.05, 4.69) is 13.8 Å². The summed E-state index contributed by atoms with van der Waals surface area (Å²) in [5.74, 6) is 1.30. The van der Waals surface area contributed by atoms with E-state index in [1.807, 2.05) is 60.4 Å². The Morgan fingerprint density at radius 1 is 0.970 bits per heavy atom. The Morgan fingerprint density at radius 2 is 1.73 bits per heavy atom. The number of ether oxygens (including phenoxy) is 2. The van der Waals surface area contributed by atoms with Gasteiger partial charge in [0.15, 0.2) is 11.5 Å². The van der Waals surface area contributed by atoms with Gasteiger partial charge in [0.1, 0.15) is 12.4 Å². The predicted molar refractivity (Wildman–Crippen MR) is 130 cm³/mol. The number of carbonyl (C=O) groups is 1. The summed E-state index contributed by atoms with van der Waals surface area (Å²) >= 11 is 0. The number of fused-ring (bicyclic) bond motifs is 1. The van der Waals surface area contributed by atoms with Crippen LogP contribution in [0.2, 0.25) is 0 Å². The van der Waals surface area contributed by atoms with Crippen molar-refractivity contribution in [3.05, 3.63) is 89.2 Å². The Morgan fingerprint density at radius 3 is 2.45 bits per heavy atom. The molecule has 5 heteroatoms. The van der Waals surface area contributed by atoms with E-state index < -0.39 is 0 Å². The van der Waals surface area contributed by atoms with Crippen molar-refractivity contribution in [2.75, 3.05) is 18.1 Å². The smallest absolute Gasteiger partial charge is 0.259 e. The van der Waals surface area contributed by atoms with Crippen molar-refractivity contribution < 1.29 is 18.7 Å². The van der Waals surface area contributed by atoms with Gasteiger partial charge in [0.05, 0.1) is 12.3 Å². The highest BCUT2D eigenvalue weighted by Crippen LogP contribution is 2.39. The molecule has 0 unspecified atom stereocenters. The third-order valence-electron chi connectivity index (χ3n) is 5.39. The average molecular weight is 446 g/mol. The highest BCUT2D eigenvalue weighted by atomic mass is 19.1. The molecule has 0 aromatic heterocycles. The Kier molecular flexibility index (Phi) is 6.78. The number of carbonyl (C=O) groups excluding carboxylic acids is 1. The lowest BCUT2D eigenvalue weighted by atomic mass is 10.0. The zero-order chi connectivity index (χ0) is 23.4. The van der Waals surface area contributed by atoms with Crippen molar-refractivity contribution in [2.45, 2.75) is 27.4 Å². The van der Waals surface area contributed by atoms with Crippen LogP contribution in [0.4, 0.5) is 10.1 Å². The van der Waals surface area contributed by atoms with E-state index in [9.17, 15) is 9.18 Å². The molecular formula is C28H28FNO3. The zero-order valence-electron chi connectivity index (χ0n) is 19.2. The fourth-order valence-electron chi connectivity index (χ4n) is 3.90. The summed E-state index contributed by atoms with van der Waals surface area (Å²) in [6, 6.07) is 19.8. The summed E-state index contributed by atoms with van der Waals surface area (Å²) in [7, 11) is 0. The van der Waals surface area contributed by atoms with Crippen molar-refractivity contribution in [1.82, 2.24) is 0 Å². The Labute approximate surface area is 194 Å². The molecule has 0 N–H and O–H groups in total. The van der Waals surface area contributed by atoms with Gasteiger partial charge in [-0.1, -0.05) is 50.2 Å². The SMILES string of the molecule is CCOc1cc(/C=C2\C(=O)N(CC(C)C)c3ccccc32)ccc1OCc1ccc(F)cc1. The summed E-state index contributed by atoms with van der Waals surface area (Å²) in [4.78, 5) is 15.1. The number of amides is 1. The second-order valence-corrected chi connectivity index (χ2v) is 8.44. The topological polar surface area (TPSA) is 38.8 Å². The van der Waals surface area contributed by atoms with Crippen LogP contribution in [0.1, 0.15) is 37.5 Å². The number of halogens is 1. The van der Waals surface area contributed by atoms with Gasteiger partial charge in [-0.2, -0.15) is 0 Å². The van der Waals surface area contributed by atoms with Crippen LogP contribution in [0.5, 0.6) is 11.5 Å². The predicted octanol–water partition coefficient (Wildman–Crippen LogP) is 6.35. The molecule has 0 fully saturated rings. The molecule has 4 nitrogen and oxygen atoms in total. The van der Waals surface area contributed by atoms with Crippen LogP contribution in [0, 0.1) is 11.7 Å². The highest BCUT2D eigenvalue weighted by Gasteiger charge is 2.32. The number of para-hydroxylation sites is 1. The van der Waals surface area contributed by atoms with Gasteiger partial charge in [-0.25, -0.2) is 4.39 Å². The second-order valence-electron chi connectivity index (χ2n) is 8.44. The van der Waals surface area contributed by atoms with E-state index in [1.165, 1.54) is 12.1 Å². The van der Waals surface area contributed by atoms with Gasteiger partial charge < -0.3 is 14.4 Å². The molecule has 0 atom stereocenters. The lowest BCUT2D eigenvalue weighted by Crippen LogP contribution is -2.30. The van der Waals surface area contributed by atoms with Crippen LogP contribution in [0.25, 0.3) is 11.6 Å². The molecule has 170 valence electrons. The quantitative estimate of drug-likeness (QED) is 0.380. The maximum atomic E-state index is 13.2. The van der Waals surface area contributed by atoms with Crippen LogP contribution in [0.3, 0.4) is 0 Å². The molecule has 33 heavy (non-hydrogen) atoms. The lowest BCUT2D eigenvalue weighted by Gasteiger charge is -2.19. The minimum Gasteiger partial charge on any atom is -0.490 e. The summed E-state index contributed by atoms with van der Waals surface area (Å²) < 4.78 is 24.9. The Balaban J connectivity index is 1.62. The normalized spacial score (nSPS) is 14.2. The van der Waals surface area contributed by atoms with Crippen molar-refractivity contribution in [3.8, 4) is 11.5 Å². The van der Waals surface area contributed by atoms with Crippen LogP contribution in [-0.4, -0.2) is 19.1 Å². The average Bonchev–Trinajstić information content (AvgIpc) is 3.05. The first-order valence-electron chi connectivity index (χ1n) is 11.2. The van der Waals surface area contributed by atoms with Crippen LogP contribution < -0.4 is 14.4 Å². The summed E-state index contributed by atoms with van der Waals surface area (Å²) in [5, 5.41) is 0. The third-order valence-corrected chi connectivity index (χ3v) is 5.39. The van der Waals surface area contributed by atoms with Gasteiger partial charge in [-0.3, -0.25) is 4.79 Å². The second kappa shape index (κ2) is 9.90. The fourth-order valence-corrected chi connectivity index (χ4v) is 3.90. The molecule has 0 saturated heterocycles. The Hall–Kier alpha value is -3.60. The number of rotatable bonds is 8. The van der Waals surface area contributed by atoms with E-state index in [4.69, 9.17) is 9.47 Å². The van der Waals surface area contributed by atoms with Gasteiger partial charge in [-0.15, -0.1) is 0 Å². The molecule has 1 aliphatic heterocycles. The van der Waals surface area contributed by atoms with Gasteiger partial charge in [-0.05, 0) is 60.4 Å². The first-order chi connectivity index (χ1) is 16.0. The summed E-state index contributed by atoms with van der Waals surface area (Å²) in [6.07, 6.45) is 1.91. The third kappa shape index (κ3) is 5.08. The first kappa shape index (κ1) is 22.6. The standard InChI is InChI=1S/C28H28FNO3/c1-4-32-27-16-21(11-14-26(27)33-18-20-9-12-22(29)13-10-20)15-24-23-7-5-6-8-25(23)30(28(24)31)17-19(2)3/h5-16,19H,4,17-18H2,1-3H3/b24-15-. The molecule has 0 radical (unpaired) electrons. The number of anilines is 1. The number of benzene rings is 3. The number of nitrogens with zero attached hydrogens (tertiary/aromatic N) is 1. The molecule has 0 bridgehead atoms. The molecule has 0 aliphatic carbocycles. The zero-order valence-corrected chi connectivity index (χ0v) is 19.2. The van der Waals surface area contributed by atoms with Crippen molar-refractivity contribution >= 4 is 23.2 Å². The molecule has 1 aliphatic rings. The van der Waals surface area contributed by atoms with E-state index in [0.29, 0.717) is 42.7 Å². The molecule has 0 saturated carbocycles. The Bertz CT molecular complexity index is 1170.